The molecule has 0 aliphatic carbocycles. The molecule has 0 rings (SSSR count). The average molecular weight is 821 g/mol. The Hall–Kier alpha value is -1.80. The van der Waals surface area contributed by atoms with Crippen molar-refractivity contribution in [1.29, 1.82) is 0 Å². The van der Waals surface area contributed by atoms with Gasteiger partial charge in [-0.2, -0.15) is 0 Å². The molecule has 0 radical (unpaired) electrons. The molecule has 0 saturated heterocycles. The molecular weight excluding hydrogens is 732 g/mol. The van der Waals surface area contributed by atoms with Crippen LogP contribution in [0.1, 0.15) is 187 Å². The summed E-state index contributed by atoms with van der Waals surface area (Å²) >= 11 is 0. The van der Waals surface area contributed by atoms with Crippen molar-refractivity contribution in [3.63, 3.8) is 0 Å². The van der Waals surface area contributed by atoms with Gasteiger partial charge in [0.05, 0.1) is 39.9 Å². The largest absolute Gasteiger partial charge is 0.756 e. The van der Waals surface area contributed by atoms with Crippen molar-refractivity contribution < 1.29 is 32.9 Å². The number of carbonyl (C=O) groups excluding carboxylic acids is 1. The van der Waals surface area contributed by atoms with E-state index in [1.807, 2.05) is 27.2 Å². The minimum atomic E-state index is -4.61. The van der Waals surface area contributed by atoms with Crippen LogP contribution in [-0.2, 0) is 18.4 Å². The van der Waals surface area contributed by atoms with Gasteiger partial charge in [-0.05, 0) is 77.0 Å². The van der Waals surface area contributed by atoms with E-state index >= 15 is 0 Å². The van der Waals surface area contributed by atoms with E-state index in [-0.39, 0.29) is 12.5 Å². The Morgan fingerprint density at radius 1 is 0.614 bits per heavy atom. The molecule has 332 valence electrons. The number of rotatable bonds is 41. The predicted molar refractivity (Wildman–Crippen MR) is 242 cm³/mol. The maximum absolute atomic E-state index is 12.9. The summed E-state index contributed by atoms with van der Waals surface area (Å²) in [6.45, 7) is 4.57. The van der Waals surface area contributed by atoms with E-state index in [1.54, 1.807) is 6.08 Å². The normalized spacial score (nSPS) is 14.9. The van der Waals surface area contributed by atoms with Gasteiger partial charge in [0.1, 0.15) is 13.2 Å². The van der Waals surface area contributed by atoms with Crippen LogP contribution < -0.4 is 10.2 Å². The second kappa shape index (κ2) is 39.6. The number of unbranched alkanes of at least 4 members (excludes halogenated alkanes) is 20. The Balaban J connectivity index is 4.52. The summed E-state index contributed by atoms with van der Waals surface area (Å²) in [6.07, 6.45) is 51.3. The number of likely N-dealkylation sites (N-methyl/N-ethyl adjacent to an activating group) is 1. The van der Waals surface area contributed by atoms with Crippen molar-refractivity contribution in [2.75, 3.05) is 40.9 Å². The molecule has 2 N–H and O–H groups in total. The molecule has 0 saturated carbocycles. The van der Waals surface area contributed by atoms with Crippen LogP contribution in [0.15, 0.2) is 60.8 Å². The number of allylic oxidation sites excluding steroid dienone is 9. The molecule has 0 fully saturated rings. The molecule has 0 aliphatic rings. The topological polar surface area (TPSA) is 108 Å². The van der Waals surface area contributed by atoms with Crippen LogP contribution in [0.2, 0.25) is 0 Å². The minimum absolute atomic E-state index is 0.0141. The molecule has 1 amide bonds. The van der Waals surface area contributed by atoms with E-state index in [2.05, 4.69) is 67.8 Å². The Labute approximate surface area is 351 Å². The molecule has 3 atom stereocenters. The number of amides is 1. The first-order valence-corrected chi connectivity index (χ1v) is 24.6. The highest BCUT2D eigenvalue weighted by Gasteiger charge is 2.23. The minimum Gasteiger partial charge on any atom is -0.756 e. The highest BCUT2D eigenvalue weighted by molar-refractivity contribution is 7.45. The summed E-state index contributed by atoms with van der Waals surface area (Å²) < 4.78 is 23.2. The molecule has 8 nitrogen and oxygen atoms in total. The summed E-state index contributed by atoms with van der Waals surface area (Å²) in [5.74, 6) is -0.228. The average Bonchev–Trinajstić information content (AvgIpc) is 3.16. The number of phosphoric ester groups is 1. The van der Waals surface area contributed by atoms with Crippen molar-refractivity contribution in [3.8, 4) is 0 Å². The number of aliphatic hydroxyl groups is 1. The third-order valence-electron chi connectivity index (χ3n) is 9.93. The number of carbonyl (C=O) groups is 1. The van der Waals surface area contributed by atoms with E-state index in [9.17, 15) is 19.4 Å². The lowest BCUT2D eigenvalue weighted by Crippen LogP contribution is -2.45. The van der Waals surface area contributed by atoms with Crippen molar-refractivity contribution in [2.45, 2.75) is 199 Å². The van der Waals surface area contributed by atoms with E-state index in [0.29, 0.717) is 17.4 Å². The van der Waals surface area contributed by atoms with Crippen LogP contribution in [0.4, 0.5) is 0 Å². The summed E-state index contributed by atoms with van der Waals surface area (Å²) in [7, 11) is 1.22. The first-order valence-electron chi connectivity index (χ1n) is 23.2. The quantitative estimate of drug-likeness (QED) is 0.0275. The summed E-state index contributed by atoms with van der Waals surface area (Å²) in [6, 6.07) is -0.918. The van der Waals surface area contributed by atoms with E-state index in [0.717, 1.165) is 70.6 Å². The lowest BCUT2D eigenvalue weighted by Gasteiger charge is -2.29. The fourth-order valence-electron chi connectivity index (χ4n) is 6.21. The van der Waals surface area contributed by atoms with Gasteiger partial charge in [-0.15, -0.1) is 0 Å². The van der Waals surface area contributed by atoms with Crippen molar-refractivity contribution >= 4 is 13.7 Å². The fourth-order valence-corrected chi connectivity index (χ4v) is 6.94. The Morgan fingerprint density at radius 2 is 1.04 bits per heavy atom. The number of quaternary nitrogens is 1. The second-order valence-corrected chi connectivity index (χ2v) is 18.1. The van der Waals surface area contributed by atoms with Crippen molar-refractivity contribution in [3.05, 3.63) is 60.8 Å². The maximum Gasteiger partial charge on any atom is 0.268 e. The zero-order valence-electron chi connectivity index (χ0n) is 37.5. The van der Waals surface area contributed by atoms with Gasteiger partial charge in [-0.25, -0.2) is 0 Å². The monoisotopic (exact) mass is 821 g/mol. The smallest absolute Gasteiger partial charge is 0.268 e. The molecule has 0 bridgehead atoms. The van der Waals surface area contributed by atoms with Crippen molar-refractivity contribution in [1.82, 2.24) is 5.32 Å². The molecule has 3 unspecified atom stereocenters. The molecule has 0 spiro atoms. The zero-order chi connectivity index (χ0) is 42.1. The summed E-state index contributed by atoms with van der Waals surface area (Å²) in [5, 5.41) is 13.8. The Bertz CT molecular complexity index is 1110. The van der Waals surface area contributed by atoms with Gasteiger partial charge in [-0.1, -0.05) is 164 Å². The maximum atomic E-state index is 12.9. The van der Waals surface area contributed by atoms with E-state index in [4.69, 9.17) is 9.05 Å². The van der Waals surface area contributed by atoms with Crippen molar-refractivity contribution in [2.24, 2.45) is 0 Å². The van der Waals surface area contributed by atoms with Gasteiger partial charge in [0, 0.05) is 6.42 Å². The first-order chi connectivity index (χ1) is 27.5. The third-order valence-corrected chi connectivity index (χ3v) is 10.9. The highest BCUT2D eigenvalue weighted by Crippen LogP contribution is 2.38. The fraction of sp³-hybridized carbons (Fsp3) is 0.771. The molecule has 0 heterocycles. The SMILES string of the molecule is CCCCCC/C=C\C/C=C\CCCCCCCC(=O)NC(COP(=O)([O-])OCC[N+](C)(C)C)C(O)/C=C/CC/C=C/CC/C=C/CCCCCCCCCCC. The van der Waals surface area contributed by atoms with Gasteiger partial charge in [0.25, 0.3) is 7.82 Å². The lowest BCUT2D eigenvalue weighted by atomic mass is 10.1. The van der Waals surface area contributed by atoms with Crippen LogP contribution in [0.5, 0.6) is 0 Å². The molecule has 0 aromatic heterocycles. The lowest BCUT2D eigenvalue weighted by molar-refractivity contribution is -0.870. The molecular formula is C48H89N2O6P. The van der Waals surface area contributed by atoms with Crippen LogP contribution in [0, 0.1) is 0 Å². The zero-order valence-corrected chi connectivity index (χ0v) is 38.4. The van der Waals surface area contributed by atoms with Gasteiger partial charge in [-0.3, -0.25) is 9.36 Å². The Morgan fingerprint density at radius 3 is 1.54 bits per heavy atom. The van der Waals surface area contributed by atoms with Crippen LogP contribution >= 0.6 is 7.82 Å². The standard InChI is InChI=1S/C48H89N2O6P/c1-6-8-10-12-14-16-18-20-22-24-25-26-27-29-31-33-35-37-39-41-47(51)46(45-56-57(53,54)55-44-43-50(3,4)5)49-48(52)42-40-38-36-34-32-30-28-23-21-19-17-15-13-11-9-7-2/h17,19,23,25-26,28,31,33,39,41,46-47,51H,6-16,18,20-22,24,27,29-30,32,34-38,40,42-45H2,1-5H3,(H-,49,52,53,54)/b19-17-,26-25+,28-23-,33-31+,41-39+. The van der Waals surface area contributed by atoms with E-state index in [1.165, 1.54) is 96.3 Å². The number of hydrogen-bond donors (Lipinski definition) is 2. The van der Waals surface area contributed by atoms with Gasteiger partial charge >= 0.3 is 0 Å². The van der Waals surface area contributed by atoms with Crippen LogP contribution in [0.3, 0.4) is 0 Å². The second-order valence-electron chi connectivity index (χ2n) is 16.7. The van der Waals surface area contributed by atoms with Gasteiger partial charge < -0.3 is 28.8 Å². The number of nitrogens with zero attached hydrogens (tertiary/aromatic N) is 1. The summed E-state index contributed by atoms with van der Waals surface area (Å²) in [5.41, 5.74) is 0. The molecule has 9 heteroatoms. The first kappa shape index (κ1) is 55.2. The third kappa shape index (κ3) is 42.1. The summed E-state index contributed by atoms with van der Waals surface area (Å²) in [4.78, 5) is 25.3. The number of phosphoric acid groups is 1. The number of nitrogens with one attached hydrogen (secondary N) is 1. The Kier molecular flexibility index (Phi) is 38.4. The number of aliphatic hydroxyl groups excluding tert-OH is 1. The van der Waals surface area contributed by atoms with E-state index < -0.39 is 26.6 Å². The van der Waals surface area contributed by atoms with Gasteiger partial charge in [0.2, 0.25) is 5.91 Å². The van der Waals surface area contributed by atoms with Gasteiger partial charge in [0.15, 0.2) is 0 Å². The highest BCUT2D eigenvalue weighted by atomic mass is 31.2. The molecule has 0 aromatic carbocycles. The molecule has 0 aromatic rings. The predicted octanol–water partition coefficient (Wildman–Crippen LogP) is 12.4. The van der Waals surface area contributed by atoms with Crippen LogP contribution in [0.25, 0.3) is 0 Å². The number of hydrogen-bond acceptors (Lipinski definition) is 6. The molecule has 57 heavy (non-hydrogen) atoms. The van der Waals surface area contributed by atoms with Crippen LogP contribution in [-0.4, -0.2) is 68.5 Å². The molecule has 0 aliphatic heterocycles.